The van der Waals surface area contributed by atoms with E-state index in [4.69, 9.17) is 0 Å². The number of nitrogens with zero attached hydrogens (tertiary/aromatic N) is 4. The molecule has 2 aliphatic rings. The van der Waals surface area contributed by atoms with Gasteiger partial charge in [-0.1, -0.05) is 12.1 Å². The molecule has 0 bridgehead atoms. The van der Waals surface area contributed by atoms with Crippen LogP contribution in [0.4, 0.5) is 10.2 Å². The Morgan fingerprint density at radius 2 is 1.93 bits per heavy atom. The average molecular weight is 384 g/mol. The van der Waals surface area contributed by atoms with E-state index in [-0.39, 0.29) is 23.5 Å². The lowest BCUT2D eigenvalue weighted by molar-refractivity contribution is -0.132. The fourth-order valence-corrected chi connectivity index (χ4v) is 4.00. The van der Waals surface area contributed by atoms with Crippen LogP contribution in [-0.4, -0.2) is 64.6 Å². The molecule has 0 aliphatic carbocycles. The predicted octanol–water partition coefficient (Wildman–Crippen LogP) is 2.16. The standard InChI is InChI=1S/C21H25FN4O2/c1-15-2-3-16(12-18(15)22)14-26-7-6-19(21(26)28)24-8-10-25(11-9-24)20-5-4-17(27)13-23-20/h2-5,12-13,19,27H,6-11,14H2,1H3/t19-/m1/s1. The van der Waals surface area contributed by atoms with Crippen LogP contribution in [0, 0.1) is 12.7 Å². The highest BCUT2D eigenvalue weighted by molar-refractivity contribution is 5.84. The predicted molar refractivity (Wildman–Crippen MR) is 105 cm³/mol. The fraction of sp³-hybridized carbons (Fsp3) is 0.429. The van der Waals surface area contributed by atoms with Crippen LogP contribution in [0.2, 0.25) is 0 Å². The van der Waals surface area contributed by atoms with E-state index in [0.29, 0.717) is 18.7 Å². The van der Waals surface area contributed by atoms with Gasteiger partial charge in [-0.15, -0.1) is 0 Å². The molecule has 2 aromatic rings. The van der Waals surface area contributed by atoms with Crippen molar-refractivity contribution in [3.63, 3.8) is 0 Å². The molecule has 7 heteroatoms. The van der Waals surface area contributed by atoms with E-state index in [1.807, 2.05) is 17.0 Å². The minimum absolute atomic E-state index is 0.0924. The Bertz CT molecular complexity index is 850. The van der Waals surface area contributed by atoms with Gasteiger partial charge in [-0.3, -0.25) is 9.69 Å². The van der Waals surface area contributed by atoms with Gasteiger partial charge in [0.05, 0.1) is 12.2 Å². The first kappa shape index (κ1) is 18.7. The summed E-state index contributed by atoms with van der Waals surface area (Å²) in [5.41, 5.74) is 1.45. The summed E-state index contributed by atoms with van der Waals surface area (Å²) < 4.78 is 13.8. The number of pyridine rings is 1. The average Bonchev–Trinajstić information content (AvgIpc) is 3.06. The molecule has 1 aromatic heterocycles. The zero-order valence-corrected chi connectivity index (χ0v) is 16.0. The topological polar surface area (TPSA) is 59.9 Å². The van der Waals surface area contributed by atoms with Gasteiger partial charge in [0, 0.05) is 39.3 Å². The summed E-state index contributed by atoms with van der Waals surface area (Å²) in [6.07, 6.45) is 2.26. The molecule has 0 unspecified atom stereocenters. The van der Waals surface area contributed by atoms with E-state index in [1.54, 1.807) is 19.1 Å². The molecule has 148 valence electrons. The number of hydrogen-bond donors (Lipinski definition) is 1. The minimum Gasteiger partial charge on any atom is -0.506 e. The maximum atomic E-state index is 13.8. The van der Waals surface area contributed by atoms with Crippen molar-refractivity contribution in [1.29, 1.82) is 0 Å². The van der Waals surface area contributed by atoms with Gasteiger partial charge >= 0.3 is 0 Å². The van der Waals surface area contributed by atoms with Gasteiger partial charge < -0.3 is 14.9 Å². The Morgan fingerprint density at radius 3 is 2.61 bits per heavy atom. The number of amides is 1. The Labute approximate surface area is 164 Å². The largest absolute Gasteiger partial charge is 0.506 e. The van der Waals surface area contributed by atoms with Crippen molar-refractivity contribution in [3.8, 4) is 5.75 Å². The second-order valence-corrected chi connectivity index (χ2v) is 7.55. The van der Waals surface area contributed by atoms with E-state index >= 15 is 0 Å². The molecule has 1 atom stereocenters. The van der Waals surface area contributed by atoms with Gasteiger partial charge in [0.25, 0.3) is 0 Å². The van der Waals surface area contributed by atoms with E-state index in [9.17, 15) is 14.3 Å². The summed E-state index contributed by atoms with van der Waals surface area (Å²) >= 11 is 0. The van der Waals surface area contributed by atoms with Crippen LogP contribution in [0.5, 0.6) is 5.75 Å². The third-order valence-electron chi connectivity index (χ3n) is 5.69. The highest BCUT2D eigenvalue weighted by Gasteiger charge is 2.37. The van der Waals surface area contributed by atoms with Crippen LogP contribution < -0.4 is 4.90 Å². The van der Waals surface area contributed by atoms with Gasteiger partial charge in [-0.05, 0) is 42.7 Å². The number of piperazine rings is 1. The Kier molecular flexibility index (Phi) is 5.17. The Morgan fingerprint density at radius 1 is 1.14 bits per heavy atom. The summed E-state index contributed by atoms with van der Waals surface area (Å²) in [5.74, 6) is 0.919. The minimum atomic E-state index is -0.223. The molecule has 0 spiro atoms. The van der Waals surface area contributed by atoms with Crippen LogP contribution >= 0.6 is 0 Å². The molecule has 2 saturated heterocycles. The molecule has 2 fully saturated rings. The van der Waals surface area contributed by atoms with Gasteiger partial charge in [0.1, 0.15) is 17.4 Å². The molecule has 28 heavy (non-hydrogen) atoms. The summed E-state index contributed by atoms with van der Waals surface area (Å²) in [6.45, 7) is 6.10. The van der Waals surface area contributed by atoms with Crippen molar-refractivity contribution in [2.45, 2.75) is 25.9 Å². The van der Waals surface area contributed by atoms with Crippen molar-refractivity contribution in [1.82, 2.24) is 14.8 Å². The number of halogens is 1. The molecular formula is C21H25FN4O2. The molecule has 4 rings (SSSR count). The number of benzene rings is 1. The Hall–Kier alpha value is -2.67. The molecule has 0 radical (unpaired) electrons. The maximum absolute atomic E-state index is 13.8. The maximum Gasteiger partial charge on any atom is 0.240 e. The number of hydrogen-bond acceptors (Lipinski definition) is 5. The number of aromatic nitrogens is 1. The van der Waals surface area contributed by atoms with E-state index in [1.165, 1.54) is 12.3 Å². The van der Waals surface area contributed by atoms with Gasteiger partial charge in [-0.2, -0.15) is 0 Å². The molecular weight excluding hydrogens is 359 g/mol. The monoisotopic (exact) mass is 384 g/mol. The zero-order valence-electron chi connectivity index (χ0n) is 16.0. The summed E-state index contributed by atoms with van der Waals surface area (Å²) in [6, 6.07) is 8.54. The normalized spacial score (nSPS) is 20.8. The van der Waals surface area contributed by atoms with Crippen LogP contribution in [-0.2, 0) is 11.3 Å². The van der Waals surface area contributed by atoms with Crippen LogP contribution in [0.15, 0.2) is 36.5 Å². The lowest BCUT2D eigenvalue weighted by atomic mass is 10.1. The van der Waals surface area contributed by atoms with Crippen molar-refractivity contribution < 1.29 is 14.3 Å². The molecule has 3 heterocycles. The zero-order chi connectivity index (χ0) is 19.7. The van der Waals surface area contributed by atoms with E-state index in [2.05, 4.69) is 14.8 Å². The summed E-state index contributed by atoms with van der Waals surface area (Å²) in [7, 11) is 0. The number of rotatable bonds is 4. The van der Waals surface area contributed by atoms with Crippen LogP contribution in [0.3, 0.4) is 0 Å². The van der Waals surface area contributed by atoms with Crippen molar-refractivity contribution in [2.75, 3.05) is 37.6 Å². The smallest absolute Gasteiger partial charge is 0.240 e. The molecule has 1 N–H and O–H groups in total. The fourth-order valence-electron chi connectivity index (χ4n) is 4.00. The van der Waals surface area contributed by atoms with Crippen LogP contribution in [0.1, 0.15) is 17.5 Å². The highest BCUT2D eigenvalue weighted by Crippen LogP contribution is 2.23. The van der Waals surface area contributed by atoms with Crippen molar-refractivity contribution >= 4 is 11.7 Å². The van der Waals surface area contributed by atoms with Gasteiger partial charge in [-0.25, -0.2) is 9.37 Å². The van der Waals surface area contributed by atoms with Gasteiger partial charge in [0.15, 0.2) is 0 Å². The lowest BCUT2D eigenvalue weighted by Gasteiger charge is -2.37. The summed E-state index contributed by atoms with van der Waals surface area (Å²) in [4.78, 5) is 23.4. The quantitative estimate of drug-likeness (QED) is 0.875. The third-order valence-corrected chi connectivity index (χ3v) is 5.69. The number of carbonyl (C=O) groups is 1. The SMILES string of the molecule is Cc1ccc(CN2CC[C@@H](N3CCN(c4ccc(O)cn4)CC3)C2=O)cc1F. The third kappa shape index (κ3) is 3.80. The molecule has 1 aromatic carbocycles. The number of carbonyl (C=O) groups excluding carboxylic acids is 1. The number of likely N-dealkylation sites (tertiary alicyclic amines) is 1. The molecule has 2 aliphatic heterocycles. The second kappa shape index (κ2) is 7.75. The molecule has 0 saturated carbocycles. The van der Waals surface area contributed by atoms with E-state index in [0.717, 1.165) is 44.0 Å². The van der Waals surface area contributed by atoms with E-state index < -0.39 is 0 Å². The molecule has 6 nitrogen and oxygen atoms in total. The van der Waals surface area contributed by atoms with Crippen molar-refractivity contribution in [2.24, 2.45) is 0 Å². The number of anilines is 1. The van der Waals surface area contributed by atoms with Crippen molar-refractivity contribution in [3.05, 3.63) is 53.5 Å². The van der Waals surface area contributed by atoms with Gasteiger partial charge in [0.2, 0.25) is 5.91 Å². The number of aryl methyl sites for hydroxylation is 1. The first-order chi connectivity index (χ1) is 13.5. The summed E-state index contributed by atoms with van der Waals surface area (Å²) in [5, 5.41) is 9.38. The second-order valence-electron chi connectivity index (χ2n) is 7.55. The first-order valence-corrected chi connectivity index (χ1v) is 9.69. The highest BCUT2D eigenvalue weighted by atomic mass is 19.1. The molecule has 1 amide bonds. The Balaban J connectivity index is 1.34. The lowest BCUT2D eigenvalue weighted by Crippen LogP contribution is -2.52. The number of aromatic hydroxyl groups is 1. The first-order valence-electron chi connectivity index (χ1n) is 9.69. The van der Waals surface area contributed by atoms with Crippen LogP contribution in [0.25, 0.3) is 0 Å².